The molecule has 0 spiro atoms. The number of aromatic nitrogens is 1. The van der Waals surface area contributed by atoms with E-state index in [0.29, 0.717) is 4.83 Å². The number of nitrogens with zero attached hydrogens (tertiary/aromatic N) is 1. The minimum absolute atomic E-state index is 0. The molecule has 0 aliphatic rings. The molecule has 2 heterocycles. The molecule has 0 aliphatic heterocycles. The van der Waals surface area contributed by atoms with Gasteiger partial charge in [0.1, 0.15) is 27.0 Å². The summed E-state index contributed by atoms with van der Waals surface area (Å²) in [4.78, 5) is 19.8. The molecule has 3 aromatic rings. The first-order chi connectivity index (χ1) is 12.0. The van der Waals surface area contributed by atoms with Crippen molar-refractivity contribution in [2.45, 2.75) is 20.8 Å². The van der Waals surface area contributed by atoms with Gasteiger partial charge in [-0.05, 0) is 30.7 Å². The molecule has 0 unspecified atom stereocenters. The van der Waals surface area contributed by atoms with Gasteiger partial charge >= 0.3 is 5.97 Å². The molecule has 1 aromatic carbocycles. The van der Waals surface area contributed by atoms with Crippen LogP contribution in [0, 0.1) is 18.6 Å². The molecule has 0 amide bonds. The van der Waals surface area contributed by atoms with Crippen LogP contribution in [0.15, 0.2) is 30.5 Å². The number of carbonyl (C=O) groups excluding carboxylic acids is 1. The van der Waals surface area contributed by atoms with Crippen molar-refractivity contribution in [3.05, 3.63) is 53.2 Å². The van der Waals surface area contributed by atoms with Gasteiger partial charge in [0, 0.05) is 22.5 Å². The molecule has 0 fully saturated rings. The van der Waals surface area contributed by atoms with Crippen molar-refractivity contribution in [1.82, 2.24) is 4.98 Å². The number of carbonyl (C=O) groups is 1. The van der Waals surface area contributed by atoms with E-state index in [9.17, 15) is 13.6 Å². The Labute approximate surface area is 163 Å². The molecule has 0 saturated carbocycles. The molecule has 143 valence electrons. The quantitative estimate of drug-likeness (QED) is 0.336. The Morgan fingerprint density at radius 3 is 2.58 bits per heavy atom. The number of hydrogen-bond donors (Lipinski definition) is 2. The minimum Gasteiger partial charge on any atom is -0.344 e. The summed E-state index contributed by atoms with van der Waals surface area (Å²) in [7, 11) is 0. The van der Waals surface area contributed by atoms with E-state index < -0.39 is 17.6 Å². The standard InChI is InChI=1S/C15H10F2N2O3S.C2H6.Cu/c1-7-2-3-11(10(17)4-7)19-14-12(15(20)22-21)9-5-8(16)6-18-13(9)23-14;1-2;/h2-6,19,21H,1H3;1-2H3;. The smallest absolute Gasteiger partial charge is 0.344 e. The van der Waals surface area contributed by atoms with Crippen molar-refractivity contribution in [3.63, 3.8) is 0 Å². The summed E-state index contributed by atoms with van der Waals surface area (Å²) in [6, 6.07) is 5.64. The van der Waals surface area contributed by atoms with Crippen molar-refractivity contribution in [1.29, 1.82) is 0 Å². The van der Waals surface area contributed by atoms with Gasteiger partial charge in [0.2, 0.25) is 0 Å². The van der Waals surface area contributed by atoms with E-state index in [-0.39, 0.29) is 38.7 Å². The molecule has 26 heavy (non-hydrogen) atoms. The Bertz CT molecular complexity index is 918. The minimum atomic E-state index is -1.08. The molecule has 0 saturated heterocycles. The maximum absolute atomic E-state index is 14.0. The Morgan fingerprint density at radius 2 is 1.96 bits per heavy atom. The van der Waals surface area contributed by atoms with Gasteiger partial charge in [0.25, 0.3) is 0 Å². The van der Waals surface area contributed by atoms with Gasteiger partial charge in [0.05, 0.1) is 11.9 Å². The Hall–Kier alpha value is -2.06. The van der Waals surface area contributed by atoms with E-state index in [4.69, 9.17) is 5.26 Å². The van der Waals surface area contributed by atoms with Gasteiger partial charge in [-0.15, -0.1) is 0 Å². The average Bonchev–Trinajstić information content (AvgIpc) is 2.95. The van der Waals surface area contributed by atoms with E-state index in [1.54, 1.807) is 13.0 Å². The second-order valence-corrected chi connectivity index (χ2v) is 5.80. The molecule has 5 nitrogen and oxygen atoms in total. The number of aryl methyl sites for hydroxylation is 1. The number of fused-ring (bicyclic) bond motifs is 1. The van der Waals surface area contributed by atoms with E-state index >= 15 is 0 Å². The van der Waals surface area contributed by atoms with Gasteiger partial charge in [0.15, 0.2) is 0 Å². The third kappa shape index (κ3) is 4.56. The molecule has 0 aliphatic carbocycles. The van der Waals surface area contributed by atoms with Crippen molar-refractivity contribution in [3.8, 4) is 0 Å². The van der Waals surface area contributed by atoms with Gasteiger partial charge in [-0.25, -0.2) is 18.6 Å². The van der Waals surface area contributed by atoms with Crippen LogP contribution < -0.4 is 5.32 Å². The van der Waals surface area contributed by atoms with E-state index in [1.165, 1.54) is 12.1 Å². The van der Waals surface area contributed by atoms with Crippen LogP contribution in [-0.4, -0.2) is 16.2 Å². The van der Waals surface area contributed by atoms with Gasteiger partial charge < -0.3 is 5.32 Å². The zero-order chi connectivity index (χ0) is 18.6. The number of nitrogens with one attached hydrogen (secondary N) is 1. The van der Waals surface area contributed by atoms with Crippen molar-refractivity contribution in [2.75, 3.05) is 5.32 Å². The number of halogens is 2. The van der Waals surface area contributed by atoms with E-state index in [0.717, 1.165) is 29.2 Å². The van der Waals surface area contributed by atoms with E-state index in [2.05, 4.69) is 15.2 Å². The number of anilines is 2. The zero-order valence-electron chi connectivity index (χ0n) is 14.1. The van der Waals surface area contributed by atoms with Crippen LogP contribution in [0.3, 0.4) is 0 Å². The molecule has 2 N–H and O–H groups in total. The fourth-order valence-corrected chi connectivity index (χ4v) is 3.16. The Balaban J connectivity index is 0.00000109. The molecule has 0 atom stereocenters. The summed E-state index contributed by atoms with van der Waals surface area (Å²) in [5.41, 5.74) is 0.761. The van der Waals surface area contributed by atoms with Crippen LogP contribution in [0.25, 0.3) is 10.2 Å². The van der Waals surface area contributed by atoms with Crippen molar-refractivity contribution < 1.29 is 40.8 Å². The predicted molar refractivity (Wildman–Crippen MR) is 93.4 cm³/mol. The third-order valence-electron chi connectivity index (χ3n) is 3.17. The summed E-state index contributed by atoms with van der Waals surface area (Å²) in [5, 5.41) is 11.8. The summed E-state index contributed by atoms with van der Waals surface area (Å²) >= 11 is 1.02. The largest absolute Gasteiger partial charge is 0.376 e. The predicted octanol–water partition coefficient (Wildman–Crippen LogP) is 5.28. The first-order valence-electron chi connectivity index (χ1n) is 7.46. The first kappa shape index (κ1) is 22.0. The monoisotopic (exact) mass is 429 g/mol. The molecule has 1 radical (unpaired) electrons. The molecule has 0 bridgehead atoms. The fourth-order valence-electron chi connectivity index (χ4n) is 2.14. The molecular weight excluding hydrogens is 414 g/mol. The van der Waals surface area contributed by atoms with E-state index in [1.807, 2.05) is 13.8 Å². The number of hydrogen-bond acceptors (Lipinski definition) is 6. The van der Waals surface area contributed by atoms with Crippen LogP contribution in [0.1, 0.15) is 29.8 Å². The average molecular weight is 430 g/mol. The Morgan fingerprint density at radius 1 is 1.27 bits per heavy atom. The second-order valence-electron chi connectivity index (χ2n) is 4.80. The first-order valence-corrected chi connectivity index (χ1v) is 8.28. The summed E-state index contributed by atoms with van der Waals surface area (Å²) < 4.78 is 27.3. The fraction of sp³-hybridized carbons (Fsp3) is 0.176. The summed E-state index contributed by atoms with van der Waals surface area (Å²) in [5.74, 6) is -2.24. The molecular formula is C17H16CuF2N2O3S. The third-order valence-corrected chi connectivity index (χ3v) is 4.20. The van der Waals surface area contributed by atoms with Crippen molar-refractivity contribution in [2.24, 2.45) is 0 Å². The maximum atomic E-state index is 14.0. The van der Waals surface area contributed by atoms with Crippen LogP contribution in [0.2, 0.25) is 0 Å². The second kappa shape index (κ2) is 9.59. The summed E-state index contributed by atoms with van der Waals surface area (Å²) in [6.07, 6.45) is 1.00. The van der Waals surface area contributed by atoms with Gasteiger partial charge in [-0.1, -0.05) is 31.3 Å². The van der Waals surface area contributed by atoms with Gasteiger partial charge in [-0.3, -0.25) is 4.89 Å². The summed E-state index contributed by atoms with van der Waals surface area (Å²) in [6.45, 7) is 5.74. The topological polar surface area (TPSA) is 71.5 Å². The number of thiophene rings is 1. The van der Waals surface area contributed by atoms with Crippen LogP contribution in [-0.2, 0) is 22.0 Å². The normalized spacial score (nSPS) is 9.77. The molecule has 3 rings (SSSR count). The number of rotatable bonds is 3. The maximum Gasteiger partial charge on any atom is 0.376 e. The number of pyridine rings is 1. The number of benzene rings is 1. The van der Waals surface area contributed by atoms with Crippen molar-refractivity contribution >= 4 is 38.2 Å². The SMILES string of the molecule is CC.Cc1ccc(Nc2sc3ncc(F)cc3c2C(=O)OO)c(F)c1.[Cu]. The van der Waals surface area contributed by atoms with Crippen LogP contribution in [0.5, 0.6) is 0 Å². The molecule has 2 aromatic heterocycles. The Kier molecular flexibility index (Phi) is 8.10. The molecule has 9 heteroatoms. The van der Waals surface area contributed by atoms with Crippen LogP contribution >= 0.6 is 11.3 Å². The zero-order valence-corrected chi connectivity index (χ0v) is 15.8. The van der Waals surface area contributed by atoms with Crippen LogP contribution in [0.4, 0.5) is 19.5 Å². The van der Waals surface area contributed by atoms with Gasteiger partial charge in [-0.2, -0.15) is 5.26 Å².